The second-order valence-electron chi connectivity index (χ2n) is 5.05. The minimum Gasteiger partial charge on any atom is -0.447 e. The largest absolute Gasteiger partial charge is 0.447 e. The van der Waals surface area contributed by atoms with Gasteiger partial charge in [-0.3, -0.25) is 4.79 Å². The first kappa shape index (κ1) is 12.7. The van der Waals surface area contributed by atoms with Gasteiger partial charge in [-0.05, 0) is 17.5 Å². The Kier molecular flexibility index (Phi) is 3.18. The van der Waals surface area contributed by atoms with Crippen molar-refractivity contribution in [2.75, 3.05) is 13.2 Å². The number of nitrogens with one attached hydrogen (secondary N) is 1. The summed E-state index contributed by atoms with van der Waals surface area (Å²) < 4.78 is 4.79. The third-order valence-electron chi connectivity index (χ3n) is 3.69. The van der Waals surface area contributed by atoms with Gasteiger partial charge in [0.2, 0.25) is 5.91 Å². The summed E-state index contributed by atoms with van der Waals surface area (Å²) in [6, 6.07) is 7.99. The average Bonchev–Trinajstić information content (AvgIpc) is 3.04. The summed E-state index contributed by atoms with van der Waals surface area (Å²) in [4.78, 5) is 27.9. The molecule has 0 aliphatic carbocycles. The molecule has 1 fully saturated rings. The summed E-state index contributed by atoms with van der Waals surface area (Å²) in [5.74, 6) is -0.127. The molecule has 2 aromatic rings. The van der Waals surface area contributed by atoms with Gasteiger partial charge in [-0.15, -0.1) is 0 Å². The molecule has 1 aromatic carbocycles. The van der Waals surface area contributed by atoms with E-state index in [1.165, 1.54) is 4.90 Å². The van der Waals surface area contributed by atoms with Gasteiger partial charge in [-0.25, -0.2) is 9.69 Å². The molecule has 0 unspecified atom stereocenters. The highest BCUT2D eigenvalue weighted by atomic mass is 16.6. The minimum absolute atomic E-state index is 0.0482. The molecule has 0 radical (unpaired) electrons. The van der Waals surface area contributed by atoms with Gasteiger partial charge in [-0.1, -0.05) is 25.1 Å². The Labute approximate surface area is 116 Å². The van der Waals surface area contributed by atoms with E-state index in [0.29, 0.717) is 19.6 Å². The van der Waals surface area contributed by atoms with Crippen molar-refractivity contribution in [2.45, 2.75) is 19.3 Å². The van der Waals surface area contributed by atoms with Crippen molar-refractivity contribution in [2.24, 2.45) is 0 Å². The fraction of sp³-hybridized carbons (Fsp3) is 0.333. The number of carbonyl (C=O) groups excluding carboxylic acids is 2. The highest BCUT2D eigenvalue weighted by Crippen LogP contribution is 2.28. The topological polar surface area (TPSA) is 62.4 Å². The number of hydrogen-bond donors (Lipinski definition) is 1. The van der Waals surface area contributed by atoms with Crippen molar-refractivity contribution in [3.8, 4) is 0 Å². The van der Waals surface area contributed by atoms with Gasteiger partial charge in [-0.2, -0.15) is 0 Å². The van der Waals surface area contributed by atoms with Gasteiger partial charge < -0.3 is 9.72 Å². The van der Waals surface area contributed by atoms with E-state index in [4.69, 9.17) is 4.74 Å². The number of benzene rings is 1. The zero-order valence-corrected chi connectivity index (χ0v) is 11.3. The number of nitrogens with zero attached hydrogens (tertiary/aromatic N) is 1. The van der Waals surface area contributed by atoms with E-state index in [-0.39, 0.29) is 11.8 Å². The molecule has 3 rings (SSSR count). The first-order chi connectivity index (χ1) is 9.66. The third-order valence-corrected chi connectivity index (χ3v) is 3.69. The Morgan fingerprint density at radius 3 is 3.00 bits per heavy atom. The van der Waals surface area contributed by atoms with Crippen LogP contribution in [0.5, 0.6) is 0 Å². The first-order valence-electron chi connectivity index (χ1n) is 6.70. The van der Waals surface area contributed by atoms with E-state index in [1.54, 1.807) is 0 Å². The van der Waals surface area contributed by atoms with Crippen LogP contribution in [0.15, 0.2) is 30.5 Å². The lowest BCUT2D eigenvalue weighted by atomic mass is 9.97. The van der Waals surface area contributed by atoms with Crippen LogP contribution < -0.4 is 0 Å². The molecule has 1 aromatic heterocycles. The molecule has 1 N–H and O–H groups in total. The molecule has 1 aliphatic rings. The lowest BCUT2D eigenvalue weighted by Gasteiger charge is -2.14. The van der Waals surface area contributed by atoms with Gasteiger partial charge in [0, 0.05) is 23.5 Å². The van der Waals surface area contributed by atoms with Crippen molar-refractivity contribution in [1.29, 1.82) is 0 Å². The minimum atomic E-state index is -0.527. The quantitative estimate of drug-likeness (QED) is 0.934. The lowest BCUT2D eigenvalue weighted by molar-refractivity contribution is -0.128. The van der Waals surface area contributed by atoms with Gasteiger partial charge in [0.1, 0.15) is 6.61 Å². The molecule has 1 aliphatic heterocycles. The summed E-state index contributed by atoms with van der Waals surface area (Å²) in [5, 5.41) is 1.12. The third kappa shape index (κ3) is 2.15. The Morgan fingerprint density at radius 2 is 2.25 bits per heavy atom. The molecule has 2 amide bonds. The molecular weight excluding hydrogens is 256 g/mol. The predicted octanol–water partition coefficient (Wildman–Crippen LogP) is 2.64. The van der Waals surface area contributed by atoms with Crippen LogP contribution in [0.2, 0.25) is 0 Å². The Bertz CT molecular complexity index is 662. The zero-order valence-electron chi connectivity index (χ0n) is 11.3. The Balaban J connectivity index is 1.77. The standard InChI is InChI=1S/C15H16N2O3/c1-10(8-14(18)17-6-7-20-15(17)19)12-9-16-13-5-3-2-4-11(12)13/h2-5,9-10,16H,6-8H2,1H3/t10-/m0/s1. The van der Waals surface area contributed by atoms with Gasteiger partial charge in [0.15, 0.2) is 0 Å². The summed E-state index contributed by atoms with van der Waals surface area (Å²) >= 11 is 0. The number of ether oxygens (including phenoxy) is 1. The number of aromatic nitrogens is 1. The highest BCUT2D eigenvalue weighted by Gasteiger charge is 2.29. The molecule has 1 atom stereocenters. The van der Waals surface area contributed by atoms with Crippen molar-refractivity contribution < 1.29 is 14.3 Å². The molecule has 104 valence electrons. The highest BCUT2D eigenvalue weighted by molar-refractivity contribution is 5.93. The van der Waals surface area contributed by atoms with Gasteiger partial charge in [0.05, 0.1) is 6.54 Å². The van der Waals surface area contributed by atoms with Crippen LogP contribution in [0.25, 0.3) is 10.9 Å². The number of H-pyrrole nitrogens is 1. The second kappa shape index (κ2) is 5.00. The van der Waals surface area contributed by atoms with Crippen molar-refractivity contribution >= 4 is 22.9 Å². The van der Waals surface area contributed by atoms with E-state index in [0.717, 1.165) is 16.5 Å². The molecule has 0 bridgehead atoms. The average molecular weight is 272 g/mol. The van der Waals surface area contributed by atoms with Crippen LogP contribution in [-0.4, -0.2) is 35.0 Å². The zero-order chi connectivity index (χ0) is 14.1. The number of hydrogen-bond acceptors (Lipinski definition) is 3. The second-order valence-corrected chi connectivity index (χ2v) is 5.05. The van der Waals surface area contributed by atoms with Crippen molar-refractivity contribution in [3.05, 3.63) is 36.0 Å². The van der Waals surface area contributed by atoms with E-state index in [2.05, 4.69) is 4.98 Å². The maximum atomic E-state index is 12.1. The van der Waals surface area contributed by atoms with Crippen molar-refractivity contribution in [1.82, 2.24) is 9.88 Å². The summed E-state index contributed by atoms with van der Waals surface area (Å²) in [6.45, 7) is 2.65. The SMILES string of the molecule is C[C@@H](CC(=O)N1CCOC1=O)c1c[nH]c2ccccc12. The van der Waals surface area contributed by atoms with Crippen LogP contribution in [0.4, 0.5) is 4.79 Å². The normalized spacial score (nSPS) is 16.4. The molecule has 5 heteroatoms. The molecule has 1 saturated heterocycles. The number of rotatable bonds is 3. The summed E-state index contributed by atoms with van der Waals surface area (Å²) in [5.41, 5.74) is 2.16. The number of fused-ring (bicyclic) bond motifs is 1. The number of para-hydroxylation sites is 1. The number of cyclic esters (lactones) is 1. The maximum Gasteiger partial charge on any atom is 0.416 e. The molecular formula is C15H16N2O3. The van der Waals surface area contributed by atoms with Crippen molar-refractivity contribution in [3.63, 3.8) is 0 Å². The molecule has 0 saturated carbocycles. The molecule has 0 spiro atoms. The van der Waals surface area contributed by atoms with Crippen LogP contribution in [-0.2, 0) is 9.53 Å². The smallest absolute Gasteiger partial charge is 0.416 e. The lowest BCUT2D eigenvalue weighted by Crippen LogP contribution is -2.32. The van der Waals surface area contributed by atoms with Gasteiger partial charge in [0.25, 0.3) is 0 Å². The van der Waals surface area contributed by atoms with E-state index in [1.807, 2.05) is 37.4 Å². The van der Waals surface area contributed by atoms with Crippen LogP contribution >= 0.6 is 0 Å². The Hall–Kier alpha value is -2.30. The van der Waals surface area contributed by atoms with Gasteiger partial charge >= 0.3 is 6.09 Å². The number of amides is 2. The Morgan fingerprint density at radius 1 is 1.45 bits per heavy atom. The molecule has 20 heavy (non-hydrogen) atoms. The molecule has 5 nitrogen and oxygen atoms in total. The summed E-state index contributed by atoms with van der Waals surface area (Å²) in [6.07, 6.45) is 1.71. The monoisotopic (exact) mass is 272 g/mol. The van der Waals surface area contributed by atoms with E-state index < -0.39 is 6.09 Å². The van der Waals surface area contributed by atoms with Crippen LogP contribution in [0, 0.1) is 0 Å². The summed E-state index contributed by atoms with van der Waals surface area (Å²) in [7, 11) is 0. The van der Waals surface area contributed by atoms with Crippen LogP contribution in [0.1, 0.15) is 24.8 Å². The van der Waals surface area contributed by atoms with Crippen LogP contribution in [0.3, 0.4) is 0 Å². The van der Waals surface area contributed by atoms with E-state index in [9.17, 15) is 9.59 Å². The maximum absolute atomic E-state index is 12.1. The fourth-order valence-electron chi connectivity index (χ4n) is 2.60. The number of carbonyl (C=O) groups is 2. The predicted molar refractivity (Wildman–Crippen MR) is 74.4 cm³/mol. The fourth-order valence-corrected chi connectivity index (χ4v) is 2.60. The first-order valence-corrected chi connectivity index (χ1v) is 6.70. The number of aromatic amines is 1. The molecule has 2 heterocycles. The van der Waals surface area contributed by atoms with E-state index >= 15 is 0 Å². The number of imide groups is 1.